The zero-order chi connectivity index (χ0) is 29.1. The second-order valence-corrected chi connectivity index (χ2v) is 11.7. The number of nitrogens with zero attached hydrogens (tertiary/aromatic N) is 4. The predicted molar refractivity (Wildman–Crippen MR) is 162 cm³/mol. The van der Waals surface area contributed by atoms with Crippen molar-refractivity contribution in [1.82, 2.24) is 29.7 Å². The lowest BCUT2D eigenvalue weighted by atomic mass is 9.98. The number of benzene rings is 2. The summed E-state index contributed by atoms with van der Waals surface area (Å²) in [4.78, 5) is 44.7. The van der Waals surface area contributed by atoms with Crippen molar-refractivity contribution in [2.45, 2.75) is 64.1 Å². The number of imidazole rings is 2. The molecule has 218 valence electrons. The molecule has 2 aromatic carbocycles. The second-order valence-electron chi connectivity index (χ2n) is 11.7. The zero-order valence-corrected chi connectivity index (χ0v) is 24.1. The Balaban J connectivity index is 1.07. The van der Waals surface area contributed by atoms with Gasteiger partial charge in [-0.15, -0.1) is 0 Å². The molecule has 2 amide bonds. The number of aromatic amines is 2. The molecular formula is C33H39N7O2. The minimum Gasteiger partial charge on any atom is -0.349 e. The number of H-pyrrole nitrogens is 2. The van der Waals surface area contributed by atoms with Crippen molar-refractivity contribution in [2.75, 3.05) is 13.1 Å². The van der Waals surface area contributed by atoms with Gasteiger partial charge in [0, 0.05) is 38.3 Å². The van der Waals surface area contributed by atoms with Crippen LogP contribution in [0, 0.1) is 5.92 Å². The summed E-state index contributed by atoms with van der Waals surface area (Å²) < 4.78 is 0. The van der Waals surface area contributed by atoms with E-state index in [0.29, 0.717) is 13.0 Å². The molecule has 0 saturated carbocycles. The van der Waals surface area contributed by atoms with Crippen molar-refractivity contribution in [3.05, 3.63) is 84.3 Å². The number of likely N-dealkylation sites (tertiary alicyclic amines) is 2. The van der Waals surface area contributed by atoms with E-state index >= 15 is 0 Å². The first kappa shape index (κ1) is 27.9. The maximum Gasteiger partial charge on any atom is 0.239 e. The first-order chi connectivity index (χ1) is 20.4. The summed E-state index contributed by atoms with van der Waals surface area (Å²) in [6.45, 7) is 4.10. The van der Waals surface area contributed by atoms with Crippen LogP contribution >= 0.6 is 0 Å². The van der Waals surface area contributed by atoms with Gasteiger partial charge in [-0.1, -0.05) is 55.5 Å². The number of hydrogen-bond acceptors (Lipinski definition) is 5. The second kappa shape index (κ2) is 12.3. The highest BCUT2D eigenvalue weighted by Gasteiger charge is 2.30. The maximum absolute atomic E-state index is 13.2. The number of rotatable bonds is 9. The SMILES string of the molecule is C[C@@H](CC(=O)N1CCC[C@H]1c1ccc(-c2ccc(-c3cnc(CN4CCC[C@H](N)C4=O)[nH]3)cc2)cc1)Cc1ncc[nH]1. The van der Waals surface area contributed by atoms with E-state index in [-0.39, 0.29) is 23.8 Å². The molecule has 0 unspecified atom stereocenters. The molecule has 3 atom stereocenters. The van der Waals surface area contributed by atoms with Crippen LogP contribution in [0.4, 0.5) is 0 Å². The molecule has 4 heterocycles. The van der Waals surface area contributed by atoms with Gasteiger partial charge >= 0.3 is 0 Å². The first-order valence-electron chi connectivity index (χ1n) is 15.0. The van der Waals surface area contributed by atoms with Gasteiger partial charge in [0.2, 0.25) is 11.8 Å². The molecule has 6 rings (SSSR count). The summed E-state index contributed by atoms with van der Waals surface area (Å²) >= 11 is 0. The van der Waals surface area contributed by atoms with Gasteiger partial charge in [0.1, 0.15) is 11.6 Å². The van der Waals surface area contributed by atoms with Crippen molar-refractivity contribution in [2.24, 2.45) is 11.7 Å². The van der Waals surface area contributed by atoms with Gasteiger partial charge in [-0.05, 0) is 53.9 Å². The van der Waals surface area contributed by atoms with Crippen molar-refractivity contribution >= 4 is 11.8 Å². The van der Waals surface area contributed by atoms with Crippen LogP contribution in [0.2, 0.25) is 0 Å². The van der Waals surface area contributed by atoms with E-state index in [0.717, 1.165) is 79.2 Å². The first-order valence-corrected chi connectivity index (χ1v) is 15.0. The van der Waals surface area contributed by atoms with E-state index in [4.69, 9.17) is 5.73 Å². The van der Waals surface area contributed by atoms with Crippen LogP contribution in [0.5, 0.6) is 0 Å². The van der Waals surface area contributed by atoms with Gasteiger partial charge in [-0.3, -0.25) is 9.59 Å². The third-order valence-corrected chi connectivity index (χ3v) is 8.56. The van der Waals surface area contributed by atoms with Crippen molar-refractivity contribution in [3.63, 3.8) is 0 Å². The number of hydrogen-bond donors (Lipinski definition) is 3. The normalized spacial score (nSPS) is 19.8. The highest BCUT2D eigenvalue weighted by molar-refractivity contribution is 5.82. The Morgan fingerprint density at radius 3 is 2.43 bits per heavy atom. The molecule has 2 aliphatic heterocycles. The van der Waals surface area contributed by atoms with Crippen LogP contribution in [-0.4, -0.2) is 60.7 Å². The Morgan fingerprint density at radius 1 is 0.976 bits per heavy atom. The molecule has 2 fully saturated rings. The molecule has 42 heavy (non-hydrogen) atoms. The summed E-state index contributed by atoms with van der Waals surface area (Å²) in [5, 5.41) is 0. The van der Waals surface area contributed by atoms with Gasteiger partial charge in [0.15, 0.2) is 0 Å². The summed E-state index contributed by atoms with van der Waals surface area (Å²) in [5.41, 5.74) is 11.4. The minimum atomic E-state index is -0.401. The lowest BCUT2D eigenvalue weighted by Gasteiger charge is -2.29. The lowest BCUT2D eigenvalue weighted by Crippen LogP contribution is -2.47. The molecule has 0 spiro atoms. The third kappa shape index (κ3) is 6.16. The topological polar surface area (TPSA) is 124 Å². The summed E-state index contributed by atoms with van der Waals surface area (Å²) in [7, 11) is 0. The standard InChI is InChI=1S/C33H39N7O2/c1-22(18-30-35-14-15-36-30)19-32(41)40-17-3-5-29(40)26-12-8-24(9-13-26)23-6-10-25(11-7-23)28-20-37-31(38-28)21-39-16-2-4-27(34)33(39)42/h6-15,20,22,27,29H,2-5,16-19,21,34H2,1H3,(H,35,36)(H,37,38)/t22-,27+,29+/m1/s1. The average molecular weight is 566 g/mol. The van der Waals surface area contributed by atoms with Crippen LogP contribution < -0.4 is 5.73 Å². The molecule has 9 nitrogen and oxygen atoms in total. The van der Waals surface area contributed by atoms with Crippen molar-refractivity contribution in [3.8, 4) is 22.4 Å². The molecule has 0 aliphatic carbocycles. The molecule has 2 aliphatic rings. The number of aromatic nitrogens is 4. The number of amides is 2. The van der Waals surface area contributed by atoms with Crippen LogP contribution in [0.3, 0.4) is 0 Å². The van der Waals surface area contributed by atoms with Gasteiger partial charge < -0.3 is 25.5 Å². The number of carbonyl (C=O) groups is 2. The highest BCUT2D eigenvalue weighted by atomic mass is 16.2. The third-order valence-electron chi connectivity index (χ3n) is 8.56. The monoisotopic (exact) mass is 565 g/mol. The minimum absolute atomic E-state index is 0.00229. The van der Waals surface area contributed by atoms with Crippen molar-refractivity contribution in [1.29, 1.82) is 0 Å². The Hall–Kier alpha value is -4.24. The fourth-order valence-corrected chi connectivity index (χ4v) is 6.28. The van der Waals surface area contributed by atoms with E-state index in [1.54, 1.807) is 11.1 Å². The molecule has 0 bridgehead atoms. The Labute approximate surface area is 246 Å². The Bertz CT molecular complexity index is 1490. The van der Waals surface area contributed by atoms with E-state index in [2.05, 4.69) is 80.3 Å². The summed E-state index contributed by atoms with van der Waals surface area (Å²) in [6.07, 6.45) is 10.4. The van der Waals surface area contributed by atoms with E-state index in [1.807, 2.05) is 12.4 Å². The van der Waals surface area contributed by atoms with E-state index < -0.39 is 6.04 Å². The number of piperidine rings is 1. The summed E-state index contributed by atoms with van der Waals surface area (Å²) in [5.74, 6) is 2.16. The molecule has 0 radical (unpaired) electrons. The van der Waals surface area contributed by atoms with Gasteiger partial charge in [-0.2, -0.15) is 0 Å². The number of carbonyl (C=O) groups excluding carboxylic acids is 2. The van der Waals surface area contributed by atoms with Gasteiger partial charge in [0.05, 0.1) is 30.5 Å². The average Bonchev–Trinajstić information content (AvgIpc) is 3.79. The van der Waals surface area contributed by atoms with Crippen LogP contribution in [0.1, 0.15) is 62.3 Å². The van der Waals surface area contributed by atoms with Crippen LogP contribution in [0.25, 0.3) is 22.4 Å². The molecular weight excluding hydrogens is 526 g/mol. The van der Waals surface area contributed by atoms with Gasteiger partial charge in [0.25, 0.3) is 0 Å². The zero-order valence-electron chi connectivity index (χ0n) is 24.1. The summed E-state index contributed by atoms with van der Waals surface area (Å²) in [6, 6.07) is 16.8. The molecule has 9 heteroatoms. The quantitative estimate of drug-likeness (QED) is 0.268. The lowest BCUT2D eigenvalue weighted by molar-refractivity contribution is -0.135. The van der Waals surface area contributed by atoms with Crippen LogP contribution in [0.15, 0.2) is 67.1 Å². The fraction of sp³-hybridized carbons (Fsp3) is 0.394. The molecule has 2 aromatic heterocycles. The van der Waals surface area contributed by atoms with Crippen molar-refractivity contribution < 1.29 is 9.59 Å². The Kier molecular flexibility index (Phi) is 8.19. The predicted octanol–water partition coefficient (Wildman–Crippen LogP) is 4.85. The van der Waals surface area contributed by atoms with Crippen LogP contribution in [-0.2, 0) is 22.6 Å². The number of nitrogens with two attached hydrogens (primary N) is 1. The Morgan fingerprint density at radius 2 is 1.69 bits per heavy atom. The maximum atomic E-state index is 13.2. The van der Waals surface area contributed by atoms with E-state index in [1.165, 1.54) is 5.56 Å². The largest absolute Gasteiger partial charge is 0.349 e. The number of nitrogens with one attached hydrogen (secondary N) is 2. The van der Waals surface area contributed by atoms with E-state index in [9.17, 15) is 9.59 Å². The fourth-order valence-electron chi connectivity index (χ4n) is 6.28. The highest BCUT2D eigenvalue weighted by Crippen LogP contribution is 2.34. The molecule has 4 aromatic rings. The van der Waals surface area contributed by atoms with Gasteiger partial charge in [-0.25, -0.2) is 9.97 Å². The molecule has 4 N–H and O–H groups in total. The molecule has 2 saturated heterocycles. The smallest absolute Gasteiger partial charge is 0.239 e.